The third-order valence-electron chi connectivity index (χ3n) is 4.85. The first-order valence-electron chi connectivity index (χ1n) is 9.18. The van der Waals surface area contributed by atoms with Crippen LogP contribution in [0.3, 0.4) is 0 Å². The molecule has 0 amide bonds. The number of hydrogen-bond donors (Lipinski definition) is 1. The maximum absolute atomic E-state index is 12.3. The number of nitrogens with zero attached hydrogens (tertiary/aromatic N) is 4. The van der Waals surface area contributed by atoms with Crippen molar-refractivity contribution in [1.29, 1.82) is 0 Å². The van der Waals surface area contributed by atoms with Crippen LogP contribution in [0, 0.1) is 0 Å². The van der Waals surface area contributed by atoms with E-state index in [1.807, 2.05) is 24.3 Å². The van der Waals surface area contributed by atoms with Crippen molar-refractivity contribution in [2.24, 2.45) is 0 Å². The number of halogens is 3. The monoisotopic (exact) mass is 391 g/mol. The van der Waals surface area contributed by atoms with Crippen LogP contribution >= 0.6 is 0 Å². The summed E-state index contributed by atoms with van der Waals surface area (Å²) < 4.78 is 43.6. The molecule has 0 unspecified atom stereocenters. The fourth-order valence-electron chi connectivity index (χ4n) is 3.47. The molecule has 3 aromatic heterocycles. The van der Waals surface area contributed by atoms with E-state index >= 15 is 0 Å². The highest BCUT2D eigenvalue weighted by molar-refractivity contribution is 5.63. The van der Waals surface area contributed by atoms with Gasteiger partial charge in [-0.3, -0.25) is 4.98 Å². The summed E-state index contributed by atoms with van der Waals surface area (Å²) >= 11 is 0. The molecular formula is C19H20F3N5O. The summed E-state index contributed by atoms with van der Waals surface area (Å²) in [7, 11) is 0. The molecule has 0 bridgehead atoms. The van der Waals surface area contributed by atoms with Crippen LogP contribution in [0.1, 0.15) is 25.7 Å². The van der Waals surface area contributed by atoms with Gasteiger partial charge < -0.3 is 10.1 Å². The number of pyridine rings is 1. The molecule has 1 saturated carbocycles. The molecule has 6 nitrogen and oxygen atoms in total. The van der Waals surface area contributed by atoms with E-state index in [4.69, 9.17) is 4.74 Å². The summed E-state index contributed by atoms with van der Waals surface area (Å²) in [6.45, 7) is -1.17. The Balaban J connectivity index is 1.41. The molecule has 0 atom stereocenters. The molecule has 1 fully saturated rings. The average Bonchev–Trinajstić information content (AvgIpc) is 3.11. The van der Waals surface area contributed by atoms with Crippen LogP contribution in [0.15, 0.2) is 42.9 Å². The number of ether oxygens (including phenoxy) is 1. The molecule has 3 aromatic rings. The van der Waals surface area contributed by atoms with Gasteiger partial charge in [0.2, 0.25) is 0 Å². The third-order valence-corrected chi connectivity index (χ3v) is 4.85. The summed E-state index contributed by atoms with van der Waals surface area (Å²) in [5, 5.41) is 8.02. The predicted molar refractivity (Wildman–Crippen MR) is 97.9 cm³/mol. The van der Waals surface area contributed by atoms with E-state index in [1.165, 1.54) is 0 Å². The van der Waals surface area contributed by atoms with E-state index < -0.39 is 12.8 Å². The summed E-state index contributed by atoms with van der Waals surface area (Å²) in [6.07, 6.45) is 3.28. The lowest BCUT2D eigenvalue weighted by molar-refractivity contribution is -0.187. The fraction of sp³-hybridized carbons (Fsp3) is 0.421. The minimum atomic E-state index is -4.27. The van der Waals surface area contributed by atoms with Gasteiger partial charge in [0.1, 0.15) is 12.4 Å². The van der Waals surface area contributed by atoms with Crippen molar-refractivity contribution in [3.05, 3.63) is 42.9 Å². The van der Waals surface area contributed by atoms with Gasteiger partial charge in [-0.2, -0.15) is 13.2 Å². The number of hydrogen-bond acceptors (Lipinski definition) is 5. The van der Waals surface area contributed by atoms with Crippen molar-refractivity contribution in [1.82, 2.24) is 19.6 Å². The molecule has 28 heavy (non-hydrogen) atoms. The van der Waals surface area contributed by atoms with Crippen LogP contribution in [0.5, 0.6) is 0 Å². The number of rotatable bonds is 5. The minimum Gasteiger partial charge on any atom is -0.369 e. The second-order valence-electron chi connectivity index (χ2n) is 6.91. The van der Waals surface area contributed by atoms with Gasteiger partial charge in [0.05, 0.1) is 18.0 Å². The Morgan fingerprint density at radius 2 is 1.82 bits per heavy atom. The van der Waals surface area contributed by atoms with Gasteiger partial charge in [0.25, 0.3) is 0 Å². The zero-order valence-corrected chi connectivity index (χ0v) is 15.1. The largest absolute Gasteiger partial charge is 0.411 e. The molecule has 0 spiro atoms. The lowest BCUT2D eigenvalue weighted by atomic mass is 9.93. The van der Waals surface area contributed by atoms with Crippen LogP contribution in [0.4, 0.5) is 19.0 Å². The number of aromatic nitrogens is 4. The first kappa shape index (κ1) is 18.7. The summed E-state index contributed by atoms with van der Waals surface area (Å²) in [5.74, 6) is 0.709. The summed E-state index contributed by atoms with van der Waals surface area (Å²) in [4.78, 5) is 8.40. The van der Waals surface area contributed by atoms with Crippen molar-refractivity contribution in [2.75, 3.05) is 11.9 Å². The number of anilines is 1. The second-order valence-corrected chi connectivity index (χ2v) is 6.91. The lowest BCUT2D eigenvalue weighted by Gasteiger charge is -2.29. The van der Waals surface area contributed by atoms with Crippen molar-refractivity contribution in [2.45, 2.75) is 44.0 Å². The molecule has 0 radical (unpaired) electrons. The molecular weight excluding hydrogens is 371 g/mol. The van der Waals surface area contributed by atoms with Crippen LogP contribution < -0.4 is 5.32 Å². The maximum Gasteiger partial charge on any atom is 0.411 e. The molecule has 1 aliphatic rings. The second kappa shape index (κ2) is 7.75. The number of alkyl halides is 3. The molecule has 4 rings (SSSR count). The predicted octanol–water partition coefficient (Wildman–Crippen LogP) is 4.09. The van der Waals surface area contributed by atoms with Gasteiger partial charge in [-0.1, -0.05) is 0 Å². The van der Waals surface area contributed by atoms with Gasteiger partial charge >= 0.3 is 6.18 Å². The summed E-state index contributed by atoms with van der Waals surface area (Å²) in [6, 6.07) is 7.70. The number of fused-ring (bicyclic) bond motifs is 1. The van der Waals surface area contributed by atoms with Crippen molar-refractivity contribution in [3.8, 4) is 11.3 Å². The van der Waals surface area contributed by atoms with E-state index in [9.17, 15) is 13.2 Å². The summed E-state index contributed by atoms with van der Waals surface area (Å²) in [5.41, 5.74) is 2.57. The normalized spacial score (nSPS) is 20.4. The maximum atomic E-state index is 12.3. The third kappa shape index (κ3) is 4.41. The van der Waals surface area contributed by atoms with Gasteiger partial charge in [-0.05, 0) is 49.9 Å². The van der Waals surface area contributed by atoms with E-state index in [2.05, 4.69) is 20.4 Å². The Morgan fingerprint density at radius 1 is 1.07 bits per heavy atom. The van der Waals surface area contributed by atoms with Gasteiger partial charge in [0.15, 0.2) is 5.65 Å². The van der Waals surface area contributed by atoms with Crippen LogP contribution in [-0.2, 0) is 4.74 Å². The fourth-order valence-corrected chi connectivity index (χ4v) is 3.47. The molecule has 0 saturated heterocycles. The smallest absolute Gasteiger partial charge is 0.369 e. The Kier molecular flexibility index (Phi) is 5.17. The highest BCUT2D eigenvalue weighted by Crippen LogP contribution is 2.26. The Labute approximate surface area is 159 Å². The van der Waals surface area contributed by atoms with Crippen LogP contribution in [0.2, 0.25) is 0 Å². The molecule has 1 N–H and O–H groups in total. The van der Waals surface area contributed by atoms with Crippen LogP contribution in [0.25, 0.3) is 16.9 Å². The minimum absolute atomic E-state index is 0.156. The first-order chi connectivity index (χ1) is 13.5. The standard InChI is InChI=1S/C19H20F3N5O/c20-19(21,22)12-28-15-3-1-14(2-4-15)25-17-5-6-18-24-11-16(27(18)26-17)13-7-9-23-10-8-13/h5-11,14-15H,1-4,12H2,(H,25,26). The molecule has 1 aliphatic carbocycles. The highest BCUT2D eigenvalue weighted by Gasteiger charge is 2.30. The first-order valence-corrected chi connectivity index (χ1v) is 9.18. The number of nitrogens with one attached hydrogen (secondary N) is 1. The molecule has 0 aromatic carbocycles. The van der Waals surface area contributed by atoms with E-state index in [0.29, 0.717) is 18.7 Å². The Hall–Kier alpha value is -2.68. The van der Waals surface area contributed by atoms with Gasteiger partial charge in [-0.15, -0.1) is 5.10 Å². The van der Waals surface area contributed by atoms with Gasteiger partial charge in [-0.25, -0.2) is 9.50 Å². The quantitative estimate of drug-likeness (QED) is 0.710. The van der Waals surface area contributed by atoms with Crippen molar-refractivity contribution >= 4 is 11.5 Å². The van der Waals surface area contributed by atoms with E-state index in [0.717, 1.165) is 29.7 Å². The Bertz CT molecular complexity index is 920. The highest BCUT2D eigenvalue weighted by atomic mass is 19.4. The van der Waals surface area contributed by atoms with E-state index in [1.54, 1.807) is 23.1 Å². The zero-order valence-electron chi connectivity index (χ0n) is 15.1. The van der Waals surface area contributed by atoms with Crippen molar-refractivity contribution in [3.63, 3.8) is 0 Å². The van der Waals surface area contributed by atoms with E-state index in [-0.39, 0.29) is 12.1 Å². The molecule has 9 heteroatoms. The van der Waals surface area contributed by atoms with Gasteiger partial charge in [0, 0.05) is 24.0 Å². The van der Waals surface area contributed by atoms with Crippen molar-refractivity contribution < 1.29 is 17.9 Å². The zero-order chi connectivity index (χ0) is 19.6. The number of imidazole rings is 1. The van der Waals surface area contributed by atoms with Crippen LogP contribution in [-0.4, -0.2) is 44.5 Å². The Morgan fingerprint density at radius 3 is 2.54 bits per heavy atom. The molecule has 148 valence electrons. The average molecular weight is 391 g/mol. The lowest BCUT2D eigenvalue weighted by Crippen LogP contribution is -2.32. The molecule has 3 heterocycles. The topological polar surface area (TPSA) is 64.3 Å². The SMILES string of the molecule is FC(F)(F)COC1CCC(Nc2ccc3ncc(-c4ccncc4)n3n2)CC1. The molecule has 0 aliphatic heterocycles.